The number of hydrogen-bond acceptors (Lipinski definition) is 11. The SMILES string of the molecule is C[C@@H](CN1CCCCC1)Oc1nc(N2CC3CC(C2)N3C(=O)OC(C)(C)C)c2cc(Cl)c(-c3ccc(F)c4sc(NC(=O)OC(C)(C)C)nc34)c(F)c2n1. The van der Waals surface area contributed by atoms with E-state index in [1.54, 1.807) is 31.7 Å². The Kier molecular flexibility index (Phi) is 10.3. The number of piperazine rings is 1. The van der Waals surface area contributed by atoms with E-state index in [1.807, 2.05) is 32.6 Å². The molecule has 4 aliphatic heterocycles. The summed E-state index contributed by atoms with van der Waals surface area (Å²) >= 11 is 7.83. The van der Waals surface area contributed by atoms with Gasteiger partial charge in [-0.25, -0.2) is 23.4 Å². The Morgan fingerprint density at radius 1 is 0.981 bits per heavy atom. The number of carbonyl (C=O) groups is 2. The Hall–Kier alpha value is -4.08. The fourth-order valence-electron chi connectivity index (χ4n) is 7.44. The first-order valence-electron chi connectivity index (χ1n) is 18.4. The lowest BCUT2D eigenvalue weighted by molar-refractivity contribution is -0.0380. The van der Waals surface area contributed by atoms with Crippen LogP contribution in [0.1, 0.15) is 74.1 Å². The summed E-state index contributed by atoms with van der Waals surface area (Å²) in [6.45, 7) is 16.1. The quantitative estimate of drug-likeness (QED) is 0.195. The first-order valence-corrected chi connectivity index (χ1v) is 19.6. The lowest BCUT2D eigenvalue weighted by Crippen LogP contribution is -2.70. The van der Waals surface area contributed by atoms with Crippen LogP contribution in [0.4, 0.5) is 29.3 Å². The minimum atomic E-state index is -0.764. The van der Waals surface area contributed by atoms with Crippen LogP contribution in [-0.4, -0.2) is 99.1 Å². The van der Waals surface area contributed by atoms with Gasteiger partial charge in [0.15, 0.2) is 10.9 Å². The molecule has 16 heteroatoms. The molecule has 2 unspecified atom stereocenters. The van der Waals surface area contributed by atoms with Crippen molar-refractivity contribution in [3.05, 3.63) is 34.9 Å². The van der Waals surface area contributed by atoms with Crippen LogP contribution in [0.15, 0.2) is 18.2 Å². The van der Waals surface area contributed by atoms with Crippen LogP contribution in [0.25, 0.3) is 32.2 Å². The van der Waals surface area contributed by atoms with E-state index in [4.69, 9.17) is 30.8 Å². The van der Waals surface area contributed by atoms with Crippen molar-refractivity contribution in [3.63, 3.8) is 0 Å². The summed E-state index contributed by atoms with van der Waals surface area (Å²) in [7, 11) is 0. The highest BCUT2D eigenvalue weighted by Gasteiger charge is 2.49. The molecule has 8 rings (SSSR count). The van der Waals surface area contributed by atoms with Gasteiger partial charge in [0.1, 0.15) is 34.5 Å². The number of amides is 2. The maximum absolute atomic E-state index is 17.2. The van der Waals surface area contributed by atoms with Crippen molar-refractivity contribution in [2.24, 2.45) is 0 Å². The van der Waals surface area contributed by atoms with Crippen LogP contribution < -0.4 is 15.0 Å². The first kappa shape index (κ1) is 38.2. The van der Waals surface area contributed by atoms with Gasteiger partial charge in [0.05, 0.1) is 27.3 Å². The van der Waals surface area contributed by atoms with Crippen molar-refractivity contribution >= 4 is 67.2 Å². The number of fused-ring (bicyclic) bond motifs is 4. The molecule has 4 fully saturated rings. The molecule has 0 aliphatic carbocycles. The second kappa shape index (κ2) is 14.5. The molecule has 2 amide bonds. The molecule has 0 radical (unpaired) electrons. The zero-order chi connectivity index (χ0) is 38.7. The third-order valence-corrected chi connectivity index (χ3v) is 10.9. The molecular weight excluding hydrogens is 740 g/mol. The predicted molar refractivity (Wildman–Crippen MR) is 206 cm³/mol. The summed E-state index contributed by atoms with van der Waals surface area (Å²) in [4.78, 5) is 45.6. The van der Waals surface area contributed by atoms with E-state index in [2.05, 4.69) is 20.2 Å². The molecule has 12 nitrogen and oxygen atoms in total. The van der Waals surface area contributed by atoms with Crippen molar-refractivity contribution < 1.29 is 32.6 Å². The number of aromatic nitrogens is 3. The molecule has 2 aromatic carbocycles. The van der Waals surface area contributed by atoms with E-state index in [-0.39, 0.29) is 67.3 Å². The number of nitrogens with one attached hydrogen (secondary N) is 1. The van der Waals surface area contributed by atoms with Crippen LogP contribution >= 0.6 is 22.9 Å². The second-order valence-corrected chi connectivity index (χ2v) is 17.7. The second-order valence-electron chi connectivity index (χ2n) is 16.3. The first-order chi connectivity index (χ1) is 25.4. The van der Waals surface area contributed by atoms with E-state index >= 15 is 8.78 Å². The number of anilines is 2. The van der Waals surface area contributed by atoms with Crippen LogP contribution in [0.5, 0.6) is 6.01 Å². The summed E-state index contributed by atoms with van der Waals surface area (Å²) in [5, 5.41) is 3.04. The topological polar surface area (TPSA) is 122 Å². The summed E-state index contributed by atoms with van der Waals surface area (Å²) < 4.78 is 49.8. The lowest BCUT2D eigenvalue weighted by Gasteiger charge is -2.56. The molecule has 2 bridgehead atoms. The summed E-state index contributed by atoms with van der Waals surface area (Å²) in [6, 6.07) is 4.01. The van der Waals surface area contributed by atoms with Gasteiger partial charge in [0.2, 0.25) is 0 Å². The van der Waals surface area contributed by atoms with E-state index in [1.165, 1.54) is 18.6 Å². The third kappa shape index (κ3) is 7.99. The zero-order valence-electron chi connectivity index (χ0n) is 31.6. The van der Waals surface area contributed by atoms with Gasteiger partial charge in [-0.3, -0.25) is 15.1 Å². The lowest BCUT2D eigenvalue weighted by atomic mass is 9.88. The molecule has 0 spiro atoms. The van der Waals surface area contributed by atoms with Gasteiger partial charge in [0.25, 0.3) is 0 Å². The molecule has 1 N–H and O–H groups in total. The molecule has 2 aromatic heterocycles. The summed E-state index contributed by atoms with van der Waals surface area (Å²) in [5.74, 6) is -0.907. The zero-order valence-corrected chi connectivity index (χ0v) is 33.2. The molecule has 4 aliphatic rings. The minimum Gasteiger partial charge on any atom is -0.459 e. The van der Waals surface area contributed by atoms with Gasteiger partial charge < -0.3 is 19.1 Å². The molecule has 4 aromatic rings. The molecule has 3 atom stereocenters. The Morgan fingerprint density at radius 2 is 1.67 bits per heavy atom. The molecular formula is C38H46ClF2N7O5S. The number of nitrogens with zero attached hydrogens (tertiary/aromatic N) is 6. The predicted octanol–water partition coefficient (Wildman–Crippen LogP) is 8.64. The number of hydrogen-bond donors (Lipinski definition) is 1. The minimum absolute atomic E-state index is 0.0131. The molecule has 0 saturated carbocycles. The van der Waals surface area contributed by atoms with E-state index in [0.29, 0.717) is 30.8 Å². The smallest absolute Gasteiger partial charge is 0.413 e. The maximum Gasteiger partial charge on any atom is 0.413 e. The summed E-state index contributed by atoms with van der Waals surface area (Å²) in [6.07, 6.45) is 2.87. The van der Waals surface area contributed by atoms with Crippen LogP contribution in [0.3, 0.4) is 0 Å². The number of likely N-dealkylation sites (tertiary alicyclic amines) is 1. The number of benzene rings is 2. The molecule has 6 heterocycles. The standard InChI is InChI=1S/C38H46ClF2N7O5S/c1-20(17-46-13-9-8-10-14-46)51-33-42-29-24(32(44-33)47-18-21-15-22(19-47)48(21)36(50)53-38(5,6)7)16-25(39)27(28(29)41)23-11-12-26(40)31-30(23)43-34(54-31)45-35(49)52-37(2,3)4/h11-12,16,20-22H,8-10,13-15,17-19H2,1-7H3,(H,43,45,49)/t20-,21?,22?/m0/s1. The van der Waals surface area contributed by atoms with E-state index < -0.39 is 28.9 Å². The van der Waals surface area contributed by atoms with Gasteiger partial charge in [-0.15, -0.1) is 0 Å². The average molecular weight is 786 g/mol. The highest BCUT2D eigenvalue weighted by atomic mass is 35.5. The Morgan fingerprint density at radius 3 is 2.33 bits per heavy atom. The number of halogens is 3. The fraction of sp³-hybridized carbons (Fsp3) is 0.553. The van der Waals surface area contributed by atoms with Gasteiger partial charge in [0, 0.05) is 36.1 Å². The van der Waals surface area contributed by atoms with Crippen molar-refractivity contribution in [2.75, 3.05) is 42.9 Å². The number of piperidine rings is 2. The Balaban J connectivity index is 1.27. The molecule has 4 saturated heterocycles. The van der Waals surface area contributed by atoms with Gasteiger partial charge in [-0.1, -0.05) is 29.4 Å². The van der Waals surface area contributed by atoms with Crippen molar-refractivity contribution in [2.45, 2.75) is 104 Å². The van der Waals surface area contributed by atoms with Crippen molar-refractivity contribution in [1.29, 1.82) is 0 Å². The van der Waals surface area contributed by atoms with Crippen molar-refractivity contribution in [1.82, 2.24) is 24.8 Å². The summed E-state index contributed by atoms with van der Waals surface area (Å²) in [5.41, 5.74) is -1.11. The number of rotatable bonds is 7. The maximum atomic E-state index is 17.2. The van der Waals surface area contributed by atoms with E-state index in [9.17, 15) is 9.59 Å². The number of ether oxygens (including phenoxy) is 3. The molecule has 290 valence electrons. The third-order valence-electron chi connectivity index (χ3n) is 9.58. The van der Waals surface area contributed by atoms with Crippen LogP contribution in [0.2, 0.25) is 5.02 Å². The van der Waals surface area contributed by atoms with Gasteiger partial charge in [-0.2, -0.15) is 9.97 Å². The Bertz CT molecular complexity index is 2090. The average Bonchev–Trinajstić information content (AvgIpc) is 3.49. The van der Waals surface area contributed by atoms with Gasteiger partial charge >= 0.3 is 18.2 Å². The Labute approximate surface area is 322 Å². The van der Waals surface area contributed by atoms with Gasteiger partial charge in [-0.05, 0) is 99.0 Å². The highest BCUT2D eigenvalue weighted by molar-refractivity contribution is 7.22. The normalized spacial score (nSPS) is 19.8. The van der Waals surface area contributed by atoms with E-state index in [0.717, 1.165) is 43.7 Å². The fourth-order valence-corrected chi connectivity index (χ4v) is 8.62. The molecule has 54 heavy (non-hydrogen) atoms. The van der Waals surface area contributed by atoms with Crippen LogP contribution in [-0.2, 0) is 9.47 Å². The number of thiazole rings is 1. The monoisotopic (exact) mass is 785 g/mol. The highest BCUT2D eigenvalue weighted by Crippen LogP contribution is 2.44. The van der Waals surface area contributed by atoms with Crippen LogP contribution in [0, 0.1) is 11.6 Å². The number of carbonyl (C=O) groups excluding carboxylic acids is 2. The largest absolute Gasteiger partial charge is 0.459 e. The van der Waals surface area contributed by atoms with Crippen molar-refractivity contribution in [3.8, 4) is 17.1 Å².